The van der Waals surface area contributed by atoms with Gasteiger partial charge >= 0.3 is 0 Å². The fraction of sp³-hybridized carbons (Fsp3) is 0.625. The molecule has 1 rings (SSSR count). The first kappa shape index (κ1) is 16.0. The fourth-order valence-electron chi connectivity index (χ4n) is 2.28. The summed E-state index contributed by atoms with van der Waals surface area (Å²) >= 11 is 0. The van der Waals surface area contributed by atoms with Gasteiger partial charge in [-0.3, -0.25) is 0 Å². The molecule has 1 aromatic carbocycles. The van der Waals surface area contributed by atoms with Gasteiger partial charge in [-0.2, -0.15) is 0 Å². The average Bonchev–Trinajstić information content (AvgIpc) is 2.44. The monoisotopic (exact) mass is 264 g/mol. The van der Waals surface area contributed by atoms with E-state index in [0.717, 1.165) is 38.2 Å². The molecule has 108 valence electrons. The summed E-state index contributed by atoms with van der Waals surface area (Å²) in [6.07, 6.45) is 2.09. The van der Waals surface area contributed by atoms with Crippen LogP contribution in [0.25, 0.3) is 0 Å². The molecule has 0 aliphatic carbocycles. The normalized spacial score (nSPS) is 12.7. The van der Waals surface area contributed by atoms with E-state index in [0.29, 0.717) is 5.92 Å². The molecule has 0 fully saturated rings. The van der Waals surface area contributed by atoms with Crippen LogP contribution in [0.1, 0.15) is 25.0 Å². The van der Waals surface area contributed by atoms with Crippen LogP contribution >= 0.6 is 0 Å². The van der Waals surface area contributed by atoms with Crippen LogP contribution in [-0.4, -0.2) is 38.7 Å². The van der Waals surface area contributed by atoms with Crippen molar-refractivity contribution in [1.29, 1.82) is 0 Å². The summed E-state index contributed by atoms with van der Waals surface area (Å²) in [6, 6.07) is 6.51. The molecular formula is C16H28N2O. The number of hydrogen-bond donors (Lipinski definition) is 1. The molecule has 0 aromatic heterocycles. The molecule has 0 spiro atoms. The van der Waals surface area contributed by atoms with Gasteiger partial charge < -0.3 is 15.4 Å². The Morgan fingerprint density at radius 3 is 2.68 bits per heavy atom. The summed E-state index contributed by atoms with van der Waals surface area (Å²) in [5, 5.41) is 0. The number of likely N-dealkylation sites (N-methyl/N-ethyl adjacent to an activating group) is 1. The Labute approximate surface area is 117 Å². The molecule has 1 atom stereocenters. The van der Waals surface area contributed by atoms with Gasteiger partial charge in [-0.1, -0.05) is 26.0 Å². The molecule has 0 saturated carbocycles. The maximum absolute atomic E-state index is 5.66. The van der Waals surface area contributed by atoms with Gasteiger partial charge in [0.2, 0.25) is 0 Å². The van der Waals surface area contributed by atoms with Crippen LogP contribution in [0.15, 0.2) is 18.2 Å². The van der Waals surface area contributed by atoms with Gasteiger partial charge in [0.1, 0.15) is 5.75 Å². The Kier molecular flexibility index (Phi) is 6.89. The molecule has 2 N–H and O–H groups in total. The summed E-state index contributed by atoms with van der Waals surface area (Å²) in [6.45, 7) is 7.25. The summed E-state index contributed by atoms with van der Waals surface area (Å²) in [4.78, 5) is 2.35. The number of aryl methyl sites for hydroxylation is 1. The maximum Gasteiger partial charge on any atom is 0.122 e. The SMILES string of the molecule is CCc1cc(CCN(C)CC(C)CN)ccc1OC. The molecule has 0 saturated heterocycles. The first-order chi connectivity index (χ1) is 9.10. The summed E-state index contributed by atoms with van der Waals surface area (Å²) in [5.74, 6) is 1.56. The van der Waals surface area contributed by atoms with E-state index in [1.165, 1.54) is 11.1 Å². The number of methoxy groups -OCH3 is 1. The van der Waals surface area contributed by atoms with E-state index in [9.17, 15) is 0 Å². The Bertz CT molecular complexity index is 379. The van der Waals surface area contributed by atoms with Crippen LogP contribution < -0.4 is 10.5 Å². The van der Waals surface area contributed by atoms with Crippen molar-refractivity contribution in [3.05, 3.63) is 29.3 Å². The van der Waals surface area contributed by atoms with Crippen molar-refractivity contribution < 1.29 is 4.74 Å². The van der Waals surface area contributed by atoms with Crippen LogP contribution in [0.3, 0.4) is 0 Å². The predicted molar refractivity (Wildman–Crippen MR) is 81.8 cm³/mol. The Morgan fingerprint density at radius 2 is 2.11 bits per heavy atom. The highest BCUT2D eigenvalue weighted by Gasteiger charge is 2.06. The van der Waals surface area contributed by atoms with E-state index in [4.69, 9.17) is 10.5 Å². The molecule has 3 nitrogen and oxygen atoms in total. The zero-order valence-electron chi connectivity index (χ0n) is 12.8. The van der Waals surface area contributed by atoms with Crippen molar-refractivity contribution in [3.63, 3.8) is 0 Å². The van der Waals surface area contributed by atoms with Gasteiger partial charge in [0.15, 0.2) is 0 Å². The molecule has 0 aliphatic rings. The number of nitrogens with zero attached hydrogens (tertiary/aromatic N) is 1. The predicted octanol–water partition coefficient (Wildman–Crippen LogP) is 2.33. The van der Waals surface area contributed by atoms with Gasteiger partial charge in [-0.15, -0.1) is 0 Å². The largest absolute Gasteiger partial charge is 0.496 e. The fourth-order valence-corrected chi connectivity index (χ4v) is 2.28. The van der Waals surface area contributed by atoms with Crippen molar-refractivity contribution in [2.75, 3.05) is 33.8 Å². The summed E-state index contributed by atoms with van der Waals surface area (Å²) < 4.78 is 5.36. The third-order valence-electron chi connectivity index (χ3n) is 3.53. The number of benzene rings is 1. The lowest BCUT2D eigenvalue weighted by molar-refractivity contribution is 0.292. The molecule has 0 amide bonds. The minimum Gasteiger partial charge on any atom is -0.496 e. The van der Waals surface area contributed by atoms with E-state index in [-0.39, 0.29) is 0 Å². The zero-order chi connectivity index (χ0) is 14.3. The van der Waals surface area contributed by atoms with Gasteiger partial charge in [0, 0.05) is 13.1 Å². The molecule has 1 unspecified atom stereocenters. The molecule has 0 heterocycles. The van der Waals surface area contributed by atoms with Gasteiger partial charge in [-0.05, 0) is 49.5 Å². The lowest BCUT2D eigenvalue weighted by Crippen LogP contribution is -2.30. The zero-order valence-corrected chi connectivity index (χ0v) is 12.8. The standard InChI is InChI=1S/C16H28N2O/c1-5-15-10-14(6-7-16(15)19-4)8-9-18(3)12-13(2)11-17/h6-7,10,13H,5,8-9,11-12,17H2,1-4H3. The highest BCUT2D eigenvalue weighted by Crippen LogP contribution is 2.20. The maximum atomic E-state index is 5.66. The molecule has 19 heavy (non-hydrogen) atoms. The molecule has 0 aliphatic heterocycles. The second-order valence-electron chi connectivity index (χ2n) is 5.35. The molecule has 0 radical (unpaired) electrons. The smallest absolute Gasteiger partial charge is 0.122 e. The van der Waals surface area contributed by atoms with E-state index in [1.54, 1.807) is 7.11 Å². The van der Waals surface area contributed by atoms with Crippen molar-refractivity contribution in [3.8, 4) is 5.75 Å². The number of nitrogens with two attached hydrogens (primary N) is 1. The minimum absolute atomic E-state index is 0.562. The number of rotatable bonds is 8. The minimum atomic E-state index is 0.562. The van der Waals surface area contributed by atoms with Crippen LogP contribution in [0, 0.1) is 5.92 Å². The van der Waals surface area contributed by atoms with Crippen LogP contribution in [0.4, 0.5) is 0 Å². The molecule has 0 bridgehead atoms. The first-order valence-corrected chi connectivity index (χ1v) is 7.15. The Morgan fingerprint density at radius 1 is 1.37 bits per heavy atom. The van der Waals surface area contributed by atoms with Crippen LogP contribution in [0.2, 0.25) is 0 Å². The molecular weight excluding hydrogens is 236 g/mol. The highest BCUT2D eigenvalue weighted by atomic mass is 16.5. The second kappa shape index (κ2) is 8.18. The quantitative estimate of drug-likeness (QED) is 0.783. The topological polar surface area (TPSA) is 38.5 Å². The van der Waals surface area contributed by atoms with Crippen LogP contribution in [0.5, 0.6) is 5.75 Å². The Balaban J connectivity index is 2.53. The Hall–Kier alpha value is -1.06. The number of hydrogen-bond acceptors (Lipinski definition) is 3. The summed E-state index contributed by atoms with van der Waals surface area (Å²) in [7, 11) is 3.90. The van der Waals surface area contributed by atoms with Crippen LogP contribution in [-0.2, 0) is 12.8 Å². The summed E-state index contributed by atoms with van der Waals surface area (Å²) in [5.41, 5.74) is 8.33. The van der Waals surface area contributed by atoms with E-state index >= 15 is 0 Å². The van der Waals surface area contributed by atoms with Crippen molar-refractivity contribution in [2.24, 2.45) is 11.7 Å². The molecule has 3 heteroatoms. The van der Waals surface area contributed by atoms with E-state index < -0.39 is 0 Å². The highest BCUT2D eigenvalue weighted by molar-refractivity contribution is 5.37. The molecule has 1 aromatic rings. The lowest BCUT2D eigenvalue weighted by Gasteiger charge is -2.20. The van der Waals surface area contributed by atoms with Crippen molar-refractivity contribution in [2.45, 2.75) is 26.7 Å². The second-order valence-corrected chi connectivity index (χ2v) is 5.35. The average molecular weight is 264 g/mol. The number of ether oxygens (including phenoxy) is 1. The van der Waals surface area contributed by atoms with E-state index in [1.807, 2.05) is 0 Å². The van der Waals surface area contributed by atoms with Gasteiger partial charge in [0.05, 0.1) is 7.11 Å². The van der Waals surface area contributed by atoms with E-state index in [2.05, 4.69) is 44.0 Å². The van der Waals surface area contributed by atoms with Crippen molar-refractivity contribution >= 4 is 0 Å². The van der Waals surface area contributed by atoms with Gasteiger partial charge in [0.25, 0.3) is 0 Å². The third-order valence-corrected chi connectivity index (χ3v) is 3.53. The first-order valence-electron chi connectivity index (χ1n) is 7.15. The van der Waals surface area contributed by atoms with Gasteiger partial charge in [-0.25, -0.2) is 0 Å². The third kappa shape index (κ3) is 5.21. The van der Waals surface area contributed by atoms with Crippen molar-refractivity contribution in [1.82, 2.24) is 4.90 Å². The lowest BCUT2D eigenvalue weighted by atomic mass is 10.0.